The Kier molecular flexibility index (Phi) is 6.31. The van der Waals surface area contributed by atoms with E-state index in [2.05, 4.69) is 13.8 Å². The molecule has 2 unspecified atom stereocenters. The van der Waals surface area contributed by atoms with Crippen LogP contribution in [0.4, 0.5) is 0 Å². The highest BCUT2D eigenvalue weighted by Crippen LogP contribution is 2.25. The van der Waals surface area contributed by atoms with Crippen molar-refractivity contribution in [3.8, 4) is 0 Å². The maximum Gasteiger partial charge on any atom is 0.310 e. The van der Waals surface area contributed by atoms with E-state index in [1.54, 1.807) is 23.1 Å². The second kappa shape index (κ2) is 8.02. The summed E-state index contributed by atoms with van der Waals surface area (Å²) in [5, 5.41) is 0.832. The lowest BCUT2D eigenvalue weighted by Gasteiger charge is -2.34. The van der Waals surface area contributed by atoms with Crippen LogP contribution in [0.3, 0.4) is 0 Å². The summed E-state index contributed by atoms with van der Waals surface area (Å²) in [7, 11) is 0. The smallest absolute Gasteiger partial charge is 0.310 e. The maximum absolute atomic E-state index is 12.2. The van der Waals surface area contributed by atoms with E-state index in [0.717, 1.165) is 19.5 Å². The van der Waals surface area contributed by atoms with Crippen LogP contribution in [0.1, 0.15) is 25.8 Å². The third-order valence-corrected chi connectivity index (χ3v) is 4.67. The molecule has 1 saturated heterocycles. The van der Waals surface area contributed by atoms with E-state index in [0.29, 0.717) is 27.4 Å². The van der Waals surface area contributed by atoms with Crippen molar-refractivity contribution in [2.45, 2.75) is 26.7 Å². The van der Waals surface area contributed by atoms with Crippen molar-refractivity contribution in [2.75, 3.05) is 19.7 Å². The Hall–Kier alpha value is -1.26. The number of rotatable bonds is 4. The van der Waals surface area contributed by atoms with Crippen LogP contribution in [0.5, 0.6) is 0 Å². The summed E-state index contributed by atoms with van der Waals surface area (Å²) >= 11 is 12.0. The summed E-state index contributed by atoms with van der Waals surface area (Å²) in [5.74, 6) is 0.286. The Balaban J connectivity index is 1.85. The van der Waals surface area contributed by atoms with Crippen molar-refractivity contribution in [1.29, 1.82) is 0 Å². The number of likely N-dealkylation sites (tertiary alicyclic amines) is 1. The molecule has 0 radical (unpaired) electrons. The van der Waals surface area contributed by atoms with Gasteiger partial charge in [0.1, 0.15) is 0 Å². The third-order valence-electron chi connectivity index (χ3n) is 3.96. The molecule has 126 valence electrons. The fourth-order valence-corrected chi connectivity index (χ4v) is 3.53. The number of esters is 1. The van der Waals surface area contributed by atoms with Crippen LogP contribution in [-0.4, -0.2) is 36.5 Å². The number of nitrogens with zero attached hydrogens (tertiary/aromatic N) is 1. The molecule has 0 spiro atoms. The Bertz CT molecular complexity index is 561. The van der Waals surface area contributed by atoms with Gasteiger partial charge in [-0.3, -0.25) is 9.59 Å². The molecular weight excluding hydrogens is 337 g/mol. The Morgan fingerprint density at radius 1 is 1.17 bits per heavy atom. The van der Waals surface area contributed by atoms with Gasteiger partial charge in [-0.15, -0.1) is 0 Å². The van der Waals surface area contributed by atoms with Gasteiger partial charge in [-0.05, 0) is 30.4 Å². The lowest BCUT2D eigenvalue weighted by Crippen LogP contribution is -2.44. The number of piperidine rings is 1. The molecule has 0 bridgehead atoms. The van der Waals surface area contributed by atoms with E-state index < -0.39 is 5.97 Å². The quantitative estimate of drug-likeness (QED) is 0.773. The molecule has 1 aromatic carbocycles. The van der Waals surface area contributed by atoms with Crippen molar-refractivity contribution >= 4 is 35.1 Å². The van der Waals surface area contributed by atoms with Crippen molar-refractivity contribution < 1.29 is 14.3 Å². The molecule has 1 aliphatic heterocycles. The maximum atomic E-state index is 12.2. The topological polar surface area (TPSA) is 46.6 Å². The first kappa shape index (κ1) is 18.1. The van der Waals surface area contributed by atoms with E-state index in [4.69, 9.17) is 27.9 Å². The van der Waals surface area contributed by atoms with E-state index in [-0.39, 0.29) is 18.9 Å². The van der Waals surface area contributed by atoms with Gasteiger partial charge in [0.25, 0.3) is 5.91 Å². The number of hydrogen-bond donors (Lipinski definition) is 0. The van der Waals surface area contributed by atoms with Gasteiger partial charge in [0.2, 0.25) is 0 Å². The number of carbonyl (C=O) groups is 2. The zero-order valence-electron chi connectivity index (χ0n) is 13.4. The minimum absolute atomic E-state index is 0.0431. The van der Waals surface area contributed by atoms with Crippen LogP contribution in [0, 0.1) is 11.8 Å². The largest absolute Gasteiger partial charge is 0.455 e. The van der Waals surface area contributed by atoms with Gasteiger partial charge in [-0.25, -0.2) is 0 Å². The first-order valence-electron chi connectivity index (χ1n) is 7.73. The second-order valence-corrected chi connectivity index (χ2v) is 7.10. The Labute approximate surface area is 146 Å². The molecule has 1 heterocycles. The van der Waals surface area contributed by atoms with E-state index >= 15 is 0 Å². The third kappa shape index (κ3) is 5.11. The molecule has 0 N–H and O–H groups in total. The summed E-state index contributed by atoms with van der Waals surface area (Å²) < 4.78 is 5.09. The molecule has 1 aromatic rings. The zero-order chi connectivity index (χ0) is 17.0. The predicted molar refractivity (Wildman–Crippen MR) is 90.7 cm³/mol. The highest BCUT2D eigenvalue weighted by Gasteiger charge is 2.26. The van der Waals surface area contributed by atoms with Gasteiger partial charge in [0, 0.05) is 28.7 Å². The molecule has 4 nitrogen and oxygen atoms in total. The van der Waals surface area contributed by atoms with Crippen molar-refractivity contribution in [3.63, 3.8) is 0 Å². The number of halogens is 2. The molecule has 1 fully saturated rings. The van der Waals surface area contributed by atoms with Gasteiger partial charge < -0.3 is 9.64 Å². The average Bonchev–Trinajstić information content (AvgIpc) is 2.47. The number of hydrogen-bond acceptors (Lipinski definition) is 3. The Morgan fingerprint density at radius 2 is 1.74 bits per heavy atom. The Morgan fingerprint density at radius 3 is 2.30 bits per heavy atom. The summed E-state index contributed by atoms with van der Waals surface area (Å²) in [6.45, 7) is 5.46. The van der Waals surface area contributed by atoms with Gasteiger partial charge in [0.05, 0.1) is 6.42 Å². The summed E-state index contributed by atoms with van der Waals surface area (Å²) in [6, 6.07) is 5.04. The zero-order valence-corrected chi connectivity index (χ0v) is 14.9. The van der Waals surface area contributed by atoms with Crippen LogP contribution >= 0.6 is 23.2 Å². The minimum atomic E-state index is -0.508. The standard InChI is InChI=1S/C17H21Cl2NO3/c1-11-6-12(2)9-20(8-11)16(21)10-23-17(22)7-13-14(18)4-3-5-15(13)19/h3-5,11-12H,6-10H2,1-2H3. The number of carbonyl (C=O) groups excluding carboxylic acids is 2. The summed E-state index contributed by atoms with van der Waals surface area (Å²) in [4.78, 5) is 25.9. The van der Waals surface area contributed by atoms with Crippen molar-refractivity contribution in [3.05, 3.63) is 33.8 Å². The first-order valence-corrected chi connectivity index (χ1v) is 8.48. The minimum Gasteiger partial charge on any atom is -0.455 e. The van der Waals surface area contributed by atoms with E-state index in [9.17, 15) is 9.59 Å². The molecule has 0 saturated carbocycles. The van der Waals surface area contributed by atoms with Crippen LogP contribution in [0.15, 0.2) is 18.2 Å². The lowest BCUT2D eigenvalue weighted by molar-refractivity contribution is -0.152. The fourth-order valence-electron chi connectivity index (χ4n) is 3.00. The molecule has 6 heteroatoms. The van der Waals surface area contributed by atoms with E-state index in [1.807, 2.05) is 0 Å². The molecule has 0 aromatic heterocycles. The first-order chi connectivity index (χ1) is 10.9. The monoisotopic (exact) mass is 357 g/mol. The van der Waals surface area contributed by atoms with Crippen LogP contribution < -0.4 is 0 Å². The van der Waals surface area contributed by atoms with Gasteiger partial charge >= 0.3 is 5.97 Å². The fraction of sp³-hybridized carbons (Fsp3) is 0.529. The van der Waals surface area contributed by atoms with E-state index in [1.165, 1.54) is 0 Å². The molecule has 2 rings (SSSR count). The number of amides is 1. The van der Waals surface area contributed by atoms with Crippen molar-refractivity contribution in [1.82, 2.24) is 4.90 Å². The van der Waals surface area contributed by atoms with Crippen LogP contribution in [0.25, 0.3) is 0 Å². The number of ether oxygens (including phenoxy) is 1. The second-order valence-electron chi connectivity index (χ2n) is 6.28. The molecule has 2 atom stereocenters. The average molecular weight is 358 g/mol. The highest BCUT2D eigenvalue weighted by atomic mass is 35.5. The predicted octanol–water partition coefficient (Wildman–Crippen LogP) is 3.58. The summed E-state index contributed by atoms with van der Waals surface area (Å²) in [5.41, 5.74) is 0.522. The normalized spacial score (nSPS) is 21.1. The molecular formula is C17H21Cl2NO3. The van der Waals surface area contributed by atoms with Gasteiger partial charge in [0.15, 0.2) is 6.61 Å². The molecule has 1 aliphatic rings. The van der Waals surface area contributed by atoms with Gasteiger partial charge in [-0.1, -0.05) is 43.1 Å². The molecule has 23 heavy (non-hydrogen) atoms. The molecule has 0 aliphatic carbocycles. The van der Waals surface area contributed by atoms with Gasteiger partial charge in [-0.2, -0.15) is 0 Å². The molecule has 1 amide bonds. The van der Waals surface area contributed by atoms with Crippen LogP contribution in [0.2, 0.25) is 10.0 Å². The SMILES string of the molecule is CC1CC(C)CN(C(=O)COC(=O)Cc2c(Cl)cccc2Cl)C1. The number of benzene rings is 1. The van der Waals surface area contributed by atoms with Crippen molar-refractivity contribution in [2.24, 2.45) is 11.8 Å². The lowest BCUT2D eigenvalue weighted by atomic mass is 9.92. The summed E-state index contributed by atoms with van der Waals surface area (Å²) in [6.07, 6.45) is 1.08. The van der Waals surface area contributed by atoms with Crippen LogP contribution in [-0.2, 0) is 20.7 Å². The highest BCUT2D eigenvalue weighted by molar-refractivity contribution is 6.36.